The van der Waals surface area contributed by atoms with Crippen LogP contribution in [0.1, 0.15) is 30.3 Å². The summed E-state index contributed by atoms with van der Waals surface area (Å²) < 4.78 is 2.19. The first-order chi connectivity index (χ1) is 8.33. The van der Waals surface area contributed by atoms with Crippen LogP contribution in [0, 0.1) is 0 Å². The Hall–Kier alpha value is -1.68. The molecule has 0 atom stereocenters. The maximum absolute atomic E-state index is 5.61. The van der Waals surface area contributed by atoms with Gasteiger partial charge in [-0.1, -0.05) is 13.0 Å². The van der Waals surface area contributed by atoms with Crippen LogP contribution in [0.5, 0.6) is 0 Å². The van der Waals surface area contributed by atoms with Crippen LogP contribution in [0.2, 0.25) is 0 Å². The Morgan fingerprint density at radius 2 is 2.12 bits per heavy atom. The number of aryl methyl sites for hydroxylation is 1. The number of pyridine rings is 1. The Labute approximate surface area is 102 Å². The summed E-state index contributed by atoms with van der Waals surface area (Å²) in [5.41, 5.74) is 7.84. The fourth-order valence-corrected chi connectivity index (χ4v) is 1.88. The molecule has 0 bridgehead atoms. The van der Waals surface area contributed by atoms with E-state index in [1.54, 1.807) is 0 Å². The van der Waals surface area contributed by atoms with Crippen LogP contribution >= 0.6 is 0 Å². The molecule has 0 radical (unpaired) electrons. The maximum Gasteiger partial charge on any atom is 0.113 e. The van der Waals surface area contributed by atoms with Gasteiger partial charge in [0.15, 0.2) is 0 Å². The first kappa shape index (κ1) is 11.8. The summed E-state index contributed by atoms with van der Waals surface area (Å²) >= 11 is 0. The van der Waals surface area contributed by atoms with Crippen LogP contribution in [-0.4, -0.2) is 14.5 Å². The lowest BCUT2D eigenvalue weighted by atomic mass is 10.1. The highest BCUT2D eigenvalue weighted by Gasteiger charge is 2.04. The largest absolute Gasteiger partial charge is 0.335 e. The minimum atomic E-state index is 0.532. The van der Waals surface area contributed by atoms with Crippen molar-refractivity contribution in [1.82, 2.24) is 14.5 Å². The topological polar surface area (TPSA) is 56.7 Å². The molecular formula is C13H18N4. The van der Waals surface area contributed by atoms with E-state index in [0.717, 1.165) is 36.3 Å². The number of imidazole rings is 1. The highest BCUT2D eigenvalue weighted by molar-refractivity contribution is 5.21. The summed E-state index contributed by atoms with van der Waals surface area (Å²) in [6.45, 7) is 3.71. The second-order valence-corrected chi connectivity index (χ2v) is 4.12. The molecule has 0 aliphatic rings. The van der Waals surface area contributed by atoms with Crippen LogP contribution in [0.25, 0.3) is 0 Å². The molecule has 0 saturated carbocycles. The molecule has 2 aromatic rings. The Morgan fingerprint density at radius 3 is 2.88 bits per heavy atom. The average Bonchev–Trinajstić information content (AvgIpc) is 2.78. The average molecular weight is 230 g/mol. The van der Waals surface area contributed by atoms with Crippen molar-refractivity contribution in [2.75, 3.05) is 0 Å². The van der Waals surface area contributed by atoms with E-state index in [0.29, 0.717) is 6.54 Å². The van der Waals surface area contributed by atoms with E-state index in [2.05, 4.69) is 27.5 Å². The van der Waals surface area contributed by atoms with Crippen molar-refractivity contribution in [1.29, 1.82) is 0 Å². The lowest BCUT2D eigenvalue weighted by Crippen LogP contribution is -2.04. The molecule has 0 saturated heterocycles. The summed E-state index contributed by atoms with van der Waals surface area (Å²) in [5.74, 6) is 1.09. The molecule has 2 rings (SSSR count). The van der Waals surface area contributed by atoms with Gasteiger partial charge < -0.3 is 10.3 Å². The highest BCUT2D eigenvalue weighted by atomic mass is 15.1. The molecule has 2 N–H and O–H groups in total. The predicted octanol–water partition coefficient (Wildman–Crippen LogP) is 1.74. The number of nitrogens with zero attached hydrogens (tertiary/aromatic N) is 3. The maximum atomic E-state index is 5.61. The fourth-order valence-electron chi connectivity index (χ4n) is 1.88. The van der Waals surface area contributed by atoms with E-state index in [-0.39, 0.29) is 0 Å². The van der Waals surface area contributed by atoms with Gasteiger partial charge in [-0.05, 0) is 17.5 Å². The van der Waals surface area contributed by atoms with E-state index in [4.69, 9.17) is 5.73 Å². The van der Waals surface area contributed by atoms with Crippen LogP contribution in [0.4, 0.5) is 0 Å². The predicted molar refractivity (Wildman–Crippen MR) is 67.5 cm³/mol. The van der Waals surface area contributed by atoms with Gasteiger partial charge in [-0.2, -0.15) is 0 Å². The van der Waals surface area contributed by atoms with Gasteiger partial charge in [0.05, 0.1) is 0 Å². The number of nitrogens with two attached hydrogens (primary N) is 1. The molecule has 0 amide bonds. The molecule has 2 heterocycles. The Balaban J connectivity index is 2.16. The number of aromatic nitrogens is 3. The first-order valence-corrected chi connectivity index (χ1v) is 5.96. The van der Waals surface area contributed by atoms with Gasteiger partial charge in [0.25, 0.3) is 0 Å². The van der Waals surface area contributed by atoms with E-state index in [1.807, 2.05) is 24.8 Å². The summed E-state index contributed by atoms with van der Waals surface area (Å²) in [4.78, 5) is 8.58. The standard InChI is InChI=1S/C13H18N4/c1-2-4-17-5-3-16-13(17)7-11-6-12(8-14)10-15-9-11/h3,5-6,9-10H,2,4,7-8,14H2,1H3. The fraction of sp³-hybridized carbons (Fsp3) is 0.385. The number of rotatable bonds is 5. The molecule has 17 heavy (non-hydrogen) atoms. The third kappa shape index (κ3) is 2.91. The minimum Gasteiger partial charge on any atom is -0.335 e. The van der Waals surface area contributed by atoms with Gasteiger partial charge >= 0.3 is 0 Å². The normalized spacial score (nSPS) is 10.7. The number of hydrogen-bond donors (Lipinski definition) is 1. The van der Waals surface area contributed by atoms with Crippen LogP contribution in [0.3, 0.4) is 0 Å². The number of hydrogen-bond acceptors (Lipinski definition) is 3. The smallest absolute Gasteiger partial charge is 0.113 e. The molecule has 0 aromatic carbocycles. The summed E-state index contributed by atoms with van der Waals surface area (Å²) in [5, 5.41) is 0. The van der Waals surface area contributed by atoms with Crippen LogP contribution < -0.4 is 5.73 Å². The molecule has 0 spiro atoms. The third-order valence-corrected chi connectivity index (χ3v) is 2.72. The van der Waals surface area contributed by atoms with Gasteiger partial charge in [0, 0.05) is 44.3 Å². The van der Waals surface area contributed by atoms with Gasteiger partial charge in [0.1, 0.15) is 5.82 Å². The van der Waals surface area contributed by atoms with E-state index in [9.17, 15) is 0 Å². The molecule has 0 unspecified atom stereocenters. The molecule has 2 aromatic heterocycles. The summed E-state index contributed by atoms with van der Waals surface area (Å²) in [6, 6.07) is 2.10. The van der Waals surface area contributed by atoms with Crippen molar-refractivity contribution in [2.24, 2.45) is 5.73 Å². The summed E-state index contributed by atoms with van der Waals surface area (Å²) in [6.07, 6.45) is 9.49. The van der Waals surface area contributed by atoms with Crippen LogP contribution in [0.15, 0.2) is 30.9 Å². The highest BCUT2D eigenvalue weighted by Crippen LogP contribution is 2.09. The molecule has 90 valence electrons. The zero-order chi connectivity index (χ0) is 12.1. The van der Waals surface area contributed by atoms with Crippen molar-refractivity contribution >= 4 is 0 Å². The third-order valence-electron chi connectivity index (χ3n) is 2.72. The first-order valence-electron chi connectivity index (χ1n) is 5.96. The van der Waals surface area contributed by atoms with Crippen molar-refractivity contribution in [2.45, 2.75) is 32.9 Å². The van der Waals surface area contributed by atoms with Gasteiger partial charge in [0.2, 0.25) is 0 Å². The van der Waals surface area contributed by atoms with Gasteiger partial charge in [-0.3, -0.25) is 4.98 Å². The van der Waals surface area contributed by atoms with Crippen LogP contribution in [-0.2, 0) is 19.5 Å². The molecule has 4 heteroatoms. The molecule has 4 nitrogen and oxygen atoms in total. The quantitative estimate of drug-likeness (QED) is 0.851. The SMILES string of the molecule is CCCn1ccnc1Cc1cncc(CN)c1. The van der Waals surface area contributed by atoms with E-state index < -0.39 is 0 Å². The monoisotopic (exact) mass is 230 g/mol. The minimum absolute atomic E-state index is 0.532. The molecule has 0 fully saturated rings. The molecule has 0 aliphatic carbocycles. The summed E-state index contributed by atoms with van der Waals surface area (Å²) in [7, 11) is 0. The Kier molecular flexibility index (Phi) is 3.88. The zero-order valence-corrected chi connectivity index (χ0v) is 10.1. The van der Waals surface area contributed by atoms with Crippen molar-refractivity contribution in [3.8, 4) is 0 Å². The Bertz CT molecular complexity index is 476. The molecule has 0 aliphatic heterocycles. The van der Waals surface area contributed by atoms with Gasteiger partial charge in [-0.25, -0.2) is 4.98 Å². The van der Waals surface area contributed by atoms with Gasteiger partial charge in [-0.15, -0.1) is 0 Å². The van der Waals surface area contributed by atoms with Crippen molar-refractivity contribution in [3.63, 3.8) is 0 Å². The van der Waals surface area contributed by atoms with E-state index >= 15 is 0 Å². The van der Waals surface area contributed by atoms with Crippen molar-refractivity contribution in [3.05, 3.63) is 47.8 Å². The second-order valence-electron chi connectivity index (χ2n) is 4.12. The van der Waals surface area contributed by atoms with Crippen molar-refractivity contribution < 1.29 is 0 Å². The second kappa shape index (κ2) is 5.59. The van der Waals surface area contributed by atoms with E-state index in [1.165, 1.54) is 0 Å². The zero-order valence-electron chi connectivity index (χ0n) is 10.1. The molecular weight excluding hydrogens is 212 g/mol. The Morgan fingerprint density at radius 1 is 1.29 bits per heavy atom. The lowest BCUT2D eigenvalue weighted by Gasteiger charge is -2.06. The lowest BCUT2D eigenvalue weighted by molar-refractivity contribution is 0.646.